The number of pyridine rings is 1. The van der Waals surface area contributed by atoms with Gasteiger partial charge in [-0.1, -0.05) is 12.0 Å². The van der Waals surface area contributed by atoms with E-state index in [9.17, 15) is 9.59 Å². The molecule has 2 fully saturated rings. The third-order valence-electron chi connectivity index (χ3n) is 6.16. The van der Waals surface area contributed by atoms with Gasteiger partial charge in [0.2, 0.25) is 0 Å². The Morgan fingerprint density at radius 2 is 2.00 bits per heavy atom. The molecule has 1 aromatic heterocycles. The summed E-state index contributed by atoms with van der Waals surface area (Å²) < 4.78 is 0. The molecule has 0 amide bonds. The number of hydrogen-bond donors (Lipinski definition) is 1. The quantitative estimate of drug-likeness (QED) is 0.642. The lowest BCUT2D eigenvalue weighted by Gasteiger charge is -2.37. The lowest BCUT2D eigenvalue weighted by molar-refractivity contribution is -0.114. The zero-order valence-electron chi connectivity index (χ0n) is 15.5. The maximum absolute atomic E-state index is 12.6. The van der Waals surface area contributed by atoms with E-state index in [0.29, 0.717) is 28.8 Å². The number of allylic oxidation sites excluding steroid dienone is 1. The minimum Gasteiger partial charge on any atom is -0.396 e. The van der Waals surface area contributed by atoms with E-state index >= 15 is 0 Å². The summed E-state index contributed by atoms with van der Waals surface area (Å²) in [5, 5.41) is 8.96. The van der Waals surface area contributed by atoms with E-state index in [1.807, 2.05) is 6.07 Å². The first-order valence-corrected chi connectivity index (χ1v) is 9.70. The number of ketones is 2. The van der Waals surface area contributed by atoms with Crippen molar-refractivity contribution in [1.29, 1.82) is 0 Å². The Balaban J connectivity index is 1.71. The summed E-state index contributed by atoms with van der Waals surface area (Å²) in [6.45, 7) is 1.72. The molecule has 0 atom stereocenters. The molecule has 2 aliphatic carbocycles. The predicted octanol–water partition coefficient (Wildman–Crippen LogP) is 2.38. The van der Waals surface area contributed by atoms with E-state index in [-0.39, 0.29) is 31.0 Å². The van der Waals surface area contributed by atoms with Crippen LogP contribution in [0.25, 0.3) is 5.70 Å². The monoisotopic (exact) mass is 364 g/mol. The van der Waals surface area contributed by atoms with Crippen LogP contribution in [0.4, 0.5) is 0 Å². The number of rotatable bonds is 5. The van der Waals surface area contributed by atoms with Crippen LogP contribution in [0.5, 0.6) is 0 Å². The van der Waals surface area contributed by atoms with Crippen LogP contribution in [0.2, 0.25) is 0 Å². The highest BCUT2D eigenvalue weighted by Crippen LogP contribution is 2.54. The fourth-order valence-electron chi connectivity index (χ4n) is 4.21. The predicted molar refractivity (Wildman–Crippen MR) is 102 cm³/mol. The molecule has 1 saturated heterocycles. The van der Waals surface area contributed by atoms with Gasteiger partial charge in [-0.2, -0.15) is 0 Å². The fraction of sp³-hybridized carbons (Fsp3) is 0.500. The van der Waals surface area contributed by atoms with Gasteiger partial charge >= 0.3 is 0 Å². The second-order valence-electron chi connectivity index (χ2n) is 7.91. The third kappa shape index (κ3) is 3.30. The molecule has 3 aliphatic rings. The number of carbonyl (C=O) groups is 2. The highest BCUT2D eigenvalue weighted by Gasteiger charge is 2.45. The molecule has 0 unspecified atom stereocenters. The molecule has 1 N–H and O–H groups in total. The SMILES string of the molecule is C#CC1=C(N2CCC3(CC2)CC3)c2nc(C(=O)CCCO)ccc2CC1=O. The second kappa shape index (κ2) is 6.94. The number of hydrogen-bond acceptors (Lipinski definition) is 5. The number of terminal acetylenes is 1. The molecule has 4 rings (SSSR count). The molecule has 0 bridgehead atoms. The smallest absolute Gasteiger partial charge is 0.181 e. The van der Waals surface area contributed by atoms with Crippen molar-refractivity contribution in [2.24, 2.45) is 5.41 Å². The average Bonchev–Trinajstić information content (AvgIpc) is 3.44. The minimum absolute atomic E-state index is 0.0207. The van der Waals surface area contributed by atoms with Gasteiger partial charge in [0.05, 0.1) is 17.0 Å². The Hall–Kier alpha value is -2.45. The van der Waals surface area contributed by atoms with E-state index in [1.165, 1.54) is 12.8 Å². The largest absolute Gasteiger partial charge is 0.396 e. The lowest BCUT2D eigenvalue weighted by Crippen LogP contribution is -2.36. The second-order valence-corrected chi connectivity index (χ2v) is 7.91. The number of Topliss-reactive ketones (excluding diaryl/α,β-unsaturated/α-hetero) is 2. The van der Waals surface area contributed by atoms with Crippen molar-refractivity contribution in [2.75, 3.05) is 19.7 Å². The Morgan fingerprint density at radius 1 is 1.26 bits per heavy atom. The van der Waals surface area contributed by atoms with Crippen LogP contribution in [0.15, 0.2) is 17.7 Å². The highest BCUT2D eigenvalue weighted by molar-refractivity contribution is 6.10. The number of aliphatic hydroxyl groups is 1. The third-order valence-corrected chi connectivity index (χ3v) is 6.16. The van der Waals surface area contributed by atoms with Gasteiger partial charge in [0, 0.05) is 32.5 Å². The summed E-state index contributed by atoms with van der Waals surface area (Å²) >= 11 is 0. The lowest BCUT2D eigenvalue weighted by atomic mass is 9.88. The summed E-state index contributed by atoms with van der Waals surface area (Å²) in [6, 6.07) is 3.51. The minimum atomic E-state index is -0.0964. The molecule has 0 aromatic carbocycles. The normalized spacial score (nSPS) is 20.4. The van der Waals surface area contributed by atoms with Gasteiger partial charge in [0.25, 0.3) is 0 Å². The molecule has 5 heteroatoms. The van der Waals surface area contributed by atoms with E-state index < -0.39 is 0 Å². The molecule has 1 spiro atoms. The summed E-state index contributed by atoms with van der Waals surface area (Å²) in [5.74, 6) is 2.45. The molecule has 5 nitrogen and oxygen atoms in total. The topological polar surface area (TPSA) is 70.5 Å². The number of piperidine rings is 1. The summed E-state index contributed by atoms with van der Waals surface area (Å²) in [5.41, 5.74) is 3.53. The van der Waals surface area contributed by atoms with Gasteiger partial charge in [-0.15, -0.1) is 6.42 Å². The van der Waals surface area contributed by atoms with E-state index in [2.05, 4.69) is 15.8 Å². The maximum Gasteiger partial charge on any atom is 0.181 e. The molecule has 140 valence electrons. The zero-order chi connectivity index (χ0) is 19.0. The van der Waals surface area contributed by atoms with Gasteiger partial charge < -0.3 is 10.0 Å². The standard InChI is InChI=1S/C22H24N2O3/c1-2-16-19(27)14-15-5-6-17(18(26)4-3-13-25)23-20(15)21(16)24-11-9-22(7-8-22)10-12-24/h1,5-6,25H,3-4,7-14H2. The Morgan fingerprint density at radius 3 is 2.63 bits per heavy atom. The first kappa shape index (κ1) is 17.9. The van der Waals surface area contributed by atoms with Crippen molar-refractivity contribution in [3.05, 3.63) is 34.7 Å². The summed E-state index contributed by atoms with van der Waals surface area (Å²) in [7, 11) is 0. The van der Waals surface area contributed by atoms with Crippen molar-refractivity contribution in [3.8, 4) is 12.3 Å². The Kier molecular flexibility index (Phi) is 4.61. The molecule has 0 radical (unpaired) electrons. The van der Waals surface area contributed by atoms with Crippen LogP contribution in [0.1, 0.15) is 60.3 Å². The van der Waals surface area contributed by atoms with Gasteiger partial charge in [-0.3, -0.25) is 9.59 Å². The summed E-state index contributed by atoms with van der Waals surface area (Å²) in [4.78, 5) is 31.8. The highest BCUT2D eigenvalue weighted by atomic mass is 16.3. The van der Waals surface area contributed by atoms with E-state index in [0.717, 1.165) is 37.2 Å². The maximum atomic E-state index is 12.6. The van der Waals surface area contributed by atoms with Crippen LogP contribution in [-0.2, 0) is 11.2 Å². The van der Waals surface area contributed by atoms with Crippen molar-refractivity contribution in [3.63, 3.8) is 0 Å². The van der Waals surface area contributed by atoms with Crippen molar-refractivity contribution in [2.45, 2.75) is 44.9 Å². The van der Waals surface area contributed by atoms with E-state index in [1.54, 1.807) is 6.07 Å². The summed E-state index contributed by atoms with van der Waals surface area (Å²) in [6.07, 6.45) is 11.5. The van der Waals surface area contributed by atoms with Crippen molar-refractivity contribution < 1.29 is 14.7 Å². The molecule has 2 heterocycles. The molecular formula is C22H24N2O3. The van der Waals surface area contributed by atoms with Gasteiger partial charge in [-0.25, -0.2) is 4.98 Å². The number of aromatic nitrogens is 1. The van der Waals surface area contributed by atoms with E-state index in [4.69, 9.17) is 11.5 Å². The van der Waals surface area contributed by atoms with Crippen LogP contribution in [0.3, 0.4) is 0 Å². The Bertz CT molecular complexity index is 864. The number of nitrogens with zero attached hydrogens (tertiary/aromatic N) is 2. The molecule has 1 aliphatic heterocycles. The molecular weight excluding hydrogens is 340 g/mol. The first-order valence-electron chi connectivity index (χ1n) is 9.70. The number of carbonyl (C=O) groups excluding carboxylic acids is 2. The molecule has 1 aromatic rings. The van der Waals surface area contributed by atoms with Crippen molar-refractivity contribution >= 4 is 17.3 Å². The zero-order valence-corrected chi connectivity index (χ0v) is 15.5. The fourth-order valence-corrected chi connectivity index (χ4v) is 4.21. The van der Waals surface area contributed by atoms with Crippen LogP contribution in [-0.4, -0.2) is 46.3 Å². The van der Waals surface area contributed by atoms with Crippen LogP contribution < -0.4 is 0 Å². The van der Waals surface area contributed by atoms with Crippen molar-refractivity contribution in [1.82, 2.24) is 9.88 Å². The first-order chi connectivity index (χ1) is 13.1. The molecule has 1 saturated carbocycles. The van der Waals surface area contributed by atoms with Gasteiger partial charge in [0.1, 0.15) is 5.69 Å². The number of likely N-dealkylation sites (tertiary alicyclic amines) is 1. The number of fused-ring (bicyclic) bond motifs is 1. The number of aliphatic hydroxyl groups excluding tert-OH is 1. The average molecular weight is 364 g/mol. The Labute approximate surface area is 159 Å². The van der Waals surface area contributed by atoms with Gasteiger partial charge in [-0.05, 0) is 49.1 Å². The van der Waals surface area contributed by atoms with Crippen LogP contribution >= 0.6 is 0 Å². The van der Waals surface area contributed by atoms with Crippen LogP contribution in [0, 0.1) is 17.8 Å². The molecule has 27 heavy (non-hydrogen) atoms. The van der Waals surface area contributed by atoms with Gasteiger partial charge in [0.15, 0.2) is 11.6 Å².